The second-order valence-corrected chi connectivity index (χ2v) is 8.47. The van der Waals surface area contributed by atoms with Gasteiger partial charge < -0.3 is 10.2 Å². The third-order valence-electron chi connectivity index (χ3n) is 5.69. The molecule has 0 heterocycles. The Labute approximate surface area is 188 Å². The molecule has 0 unspecified atom stereocenters. The summed E-state index contributed by atoms with van der Waals surface area (Å²) >= 11 is 0. The first kappa shape index (κ1) is 24.6. The molecule has 1 atom stereocenters. The number of benzene rings is 2. The van der Waals surface area contributed by atoms with E-state index >= 15 is 0 Å². The van der Waals surface area contributed by atoms with Crippen LogP contribution in [-0.2, 0) is 22.6 Å². The summed E-state index contributed by atoms with van der Waals surface area (Å²) in [5.41, 5.74) is 3.49. The number of aryl methyl sites for hydroxylation is 1. The number of hydrogen-bond donors (Lipinski definition) is 1. The fourth-order valence-electron chi connectivity index (χ4n) is 3.67. The number of hydrogen-bond acceptors (Lipinski definition) is 2. The van der Waals surface area contributed by atoms with Crippen LogP contribution in [0.1, 0.15) is 76.0 Å². The van der Waals surface area contributed by atoms with Gasteiger partial charge in [0.25, 0.3) is 0 Å². The third-order valence-corrected chi connectivity index (χ3v) is 5.69. The van der Waals surface area contributed by atoms with Gasteiger partial charge >= 0.3 is 0 Å². The summed E-state index contributed by atoms with van der Waals surface area (Å²) in [7, 11) is 0. The van der Waals surface area contributed by atoms with Crippen LogP contribution in [0.15, 0.2) is 54.6 Å². The highest BCUT2D eigenvalue weighted by atomic mass is 16.2. The molecule has 0 aliphatic heterocycles. The zero-order valence-electron chi connectivity index (χ0n) is 19.6. The van der Waals surface area contributed by atoms with Crippen LogP contribution in [0.5, 0.6) is 0 Å². The Bertz CT molecular complexity index is 800. The van der Waals surface area contributed by atoms with Crippen LogP contribution in [0.2, 0.25) is 0 Å². The monoisotopic (exact) mass is 422 g/mol. The van der Waals surface area contributed by atoms with Crippen molar-refractivity contribution >= 4 is 11.8 Å². The molecule has 4 heteroatoms. The van der Waals surface area contributed by atoms with Gasteiger partial charge in [-0.3, -0.25) is 9.59 Å². The zero-order chi connectivity index (χ0) is 22.6. The van der Waals surface area contributed by atoms with E-state index in [0.29, 0.717) is 38.3 Å². The van der Waals surface area contributed by atoms with Gasteiger partial charge in [0, 0.05) is 19.5 Å². The van der Waals surface area contributed by atoms with Crippen LogP contribution < -0.4 is 5.32 Å². The van der Waals surface area contributed by atoms with Gasteiger partial charge in [0.15, 0.2) is 0 Å². The summed E-state index contributed by atoms with van der Waals surface area (Å²) in [6.07, 6.45) is 3.64. The number of nitrogens with one attached hydrogen (secondary N) is 1. The molecule has 0 bridgehead atoms. The molecule has 0 aromatic heterocycles. The summed E-state index contributed by atoms with van der Waals surface area (Å²) < 4.78 is 0. The number of carbonyl (C=O) groups is 2. The molecule has 0 spiro atoms. The second-order valence-electron chi connectivity index (χ2n) is 8.47. The molecule has 2 aromatic rings. The first-order valence-electron chi connectivity index (χ1n) is 11.7. The highest BCUT2D eigenvalue weighted by Crippen LogP contribution is 2.18. The van der Waals surface area contributed by atoms with Gasteiger partial charge in [-0.05, 0) is 41.9 Å². The standard InChI is InChI=1S/C27H38N2O2/c1-5-7-19-28-27(31)25(6-2)29(20-23-11-9-8-10-12-23)26(30)18-15-22-13-16-24(17-14-22)21(3)4/h8-14,16-17,21,25H,5-7,15,18-20H2,1-4H3,(H,28,31)/t25-/m0/s1. The van der Waals surface area contributed by atoms with Gasteiger partial charge in [-0.2, -0.15) is 0 Å². The maximum Gasteiger partial charge on any atom is 0.242 e. The largest absolute Gasteiger partial charge is 0.354 e. The molecule has 2 rings (SSSR count). The summed E-state index contributed by atoms with van der Waals surface area (Å²) in [5, 5.41) is 3.01. The third kappa shape index (κ3) is 7.86. The smallest absolute Gasteiger partial charge is 0.242 e. The van der Waals surface area contributed by atoms with Crippen LogP contribution in [0.25, 0.3) is 0 Å². The van der Waals surface area contributed by atoms with Gasteiger partial charge in [0.1, 0.15) is 6.04 Å². The molecule has 0 aliphatic carbocycles. The van der Waals surface area contributed by atoms with Gasteiger partial charge in [0.05, 0.1) is 0 Å². The average Bonchev–Trinajstić information content (AvgIpc) is 2.78. The SMILES string of the molecule is CCCCNC(=O)[C@H](CC)N(Cc1ccccc1)C(=O)CCc1ccc(C(C)C)cc1. The van der Waals surface area contributed by atoms with Crippen molar-refractivity contribution in [2.45, 2.75) is 78.3 Å². The van der Waals surface area contributed by atoms with E-state index in [4.69, 9.17) is 0 Å². The summed E-state index contributed by atoms with van der Waals surface area (Å²) in [4.78, 5) is 27.9. The predicted octanol–water partition coefficient (Wildman–Crippen LogP) is 5.47. The predicted molar refractivity (Wildman–Crippen MR) is 128 cm³/mol. The van der Waals surface area contributed by atoms with Crippen LogP contribution >= 0.6 is 0 Å². The minimum Gasteiger partial charge on any atom is -0.354 e. The van der Waals surface area contributed by atoms with Crippen molar-refractivity contribution in [1.82, 2.24) is 10.2 Å². The van der Waals surface area contributed by atoms with E-state index in [2.05, 4.69) is 50.4 Å². The minimum atomic E-state index is -0.451. The van der Waals surface area contributed by atoms with E-state index in [9.17, 15) is 9.59 Å². The Morgan fingerprint density at radius 1 is 0.935 bits per heavy atom. The van der Waals surface area contributed by atoms with Crippen molar-refractivity contribution in [2.75, 3.05) is 6.54 Å². The fourth-order valence-corrected chi connectivity index (χ4v) is 3.67. The van der Waals surface area contributed by atoms with E-state index in [1.54, 1.807) is 4.90 Å². The van der Waals surface area contributed by atoms with E-state index in [1.165, 1.54) is 5.56 Å². The first-order valence-corrected chi connectivity index (χ1v) is 11.7. The average molecular weight is 423 g/mol. The van der Waals surface area contributed by atoms with E-state index in [-0.39, 0.29) is 11.8 Å². The van der Waals surface area contributed by atoms with Crippen LogP contribution in [0.3, 0.4) is 0 Å². The number of nitrogens with zero attached hydrogens (tertiary/aromatic N) is 1. The van der Waals surface area contributed by atoms with Crippen LogP contribution in [0, 0.1) is 0 Å². The molecule has 31 heavy (non-hydrogen) atoms. The van der Waals surface area contributed by atoms with Crippen molar-refractivity contribution in [3.05, 3.63) is 71.3 Å². The van der Waals surface area contributed by atoms with E-state index in [1.807, 2.05) is 37.3 Å². The molecule has 0 saturated heterocycles. The summed E-state index contributed by atoms with van der Waals surface area (Å²) in [6.45, 7) is 9.53. The Balaban J connectivity index is 2.11. The van der Waals surface area contributed by atoms with Crippen molar-refractivity contribution in [3.63, 3.8) is 0 Å². The van der Waals surface area contributed by atoms with Crippen molar-refractivity contribution in [3.8, 4) is 0 Å². The number of carbonyl (C=O) groups excluding carboxylic acids is 2. The molecular weight excluding hydrogens is 384 g/mol. The summed E-state index contributed by atoms with van der Waals surface area (Å²) in [5.74, 6) is 0.462. The van der Waals surface area contributed by atoms with E-state index < -0.39 is 6.04 Å². The lowest BCUT2D eigenvalue weighted by atomic mass is 10.00. The lowest BCUT2D eigenvalue weighted by Crippen LogP contribution is -2.49. The van der Waals surface area contributed by atoms with Crippen molar-refractivity contribution in [1.29, 1.82) is 0 Å². The first-order chi connectivity index (χ1) is 15.0. The molecule has 1 N–H and O–H groups in total. The Morgan fingerprint density at radius 2 is 1.61 bits per heavy atom. The Kier molecular flexibility index (Phi) is 10.3. The molecule has 0 fully saturated rings. The topological polar surface area (TPSA) is 49.4 Å². The molecule has 0 radical (unpaired) electrons. The lowest BCUT2D eigenvalue weighted by molar-refractivity contribution is -0.141. The highest BCUT2D eigenvalue weighted by molar-refractivity contribution is 5.87. The quantitative estimate of drug-likeness (QED) is 0.461. The number of unbranched alkanes of at least 4 members (excludes halogenated alkanes) is 1. The molecule has 0 saturated carbocycles. The van der Waals surface area contributed by atoms with Gasteiger partial charge in [-0.15, -0.1) is 0 Å². The molecule has 4 nitrogen and oxygen atoms in total. The van der Waals surface area contributed by atoms with Gasteiger partial charge in [-0.1, -0.05) is 88.7 Å². The molecule has 2 aromatic carbocycles. The molecule has 0 aliphatic rings. The maximum atomic E-state index is 13.3. The van der Waals surface area contributed by atoms with Crippen molar-refractivity contribution < 1.29 is 9.59 Å². The Hall–Kier alpha value is -2.62. The highest BCUT2D eigenvalue weighted by Gasteiger charge is 2.28. The van der Waals surface area contributed by atoms with Crippen LogP contribution in [0.4, 0.5) is 0 Å². The van der Waals surface area contributed by atoms with Crippen LogP contribution in [-0.4, -0.2) is 29.3 Å². The van der Waals surface area contributed by atoms with Gasteiger partial charge in [0.2, 0.25) is 11.8 Å². The number of rotatable bonds is 12. The second kappa shape index (κ2) is 12.9. The van der Waals surface area contributed by atoms with Gasteiger partial charge in [-0.25, -0.2) is 0 Å². The molecule has 2 amide bonds. The fraction of sp³-hybridized carbons (Fsp3) is 0.481. The Morgan fingerprint density at radius 3 is 2.19 bits per heavy atom. The maximum absolute atomic E-state index is 13.3. The minimum absolute atomic E-state index is 0.0225. The number of amides is 2. The van der Waals surface area contributed by atoms with E-state index in [0.717, 1.165) is 24.0 Å². The summed E-state index contributed by atoms with van der Waals surface area (Å²) in [6, 6.07) is 18.0. The molecular formula is C27H38N2O2. The lowest BCUT2D eigenvalue weighted by Gasteiger charge is -2.31. The van der Waals surface area contributed by atoms with Crippen molar-refractivity contribution in [2.24, 2.45) is 0 Å². The zero-order valence-corrected chi connectivity index (χ0v) is 19.6. The normalized spacial score (nSPS) is 11.9. The molecule has 168 valence electrons.